The molecule has 0 aliphatic carbocycles. The van der Waals surface area contributed by atoms with E-state index in [0.29, 0.717) is 13.1 Å². The van der Waals surface area contributed by atoms with Crippen LogP contribution in [-0.4, -0.2) is 17.4 Å². The van der Waals surface area contributed by atoms with Crippen LogP contribution in [-0.2, 0) is 11.3 Å². The van der Waals surface area contributed by atoms with Crippen molar-refractivity contribution in [1.29, 1.82) is 0 Å². The largest absolute Gasteiger partial charge is 0.317 e. The second-order valence-electron chi connectivity index (χ2n) is 5.75. The summed E-state index contributed by atoms with van der Waals surface area (Å²) >= 11 is 1.69. The summed E-state index contributed by atoms with van der Waals surface area (Å²) in [7, 11) is 0. The predicted octanol–water partition coefficient (Wildman–Crippen LogP) is 3.30. The quantitative estimate of drug-likeness (QED) is 0.943. The third kappa shape index (κ3) is 2.74. The number of rotatable bonds is 3. The van der Waals surface area contributed by atoms with Crippen molar-refractivity contribution in [2.75, 3.05) is 6.54 Å². The number of amides is 1. The summed E-state index contributed by atoms with van der Waals surface area (Å²) in [6.45, 7) is 7.41. The van der Waals surface area contributed by atoms with Crippen LogP contribution < -0.4 is 5.32 Å². The lowest BCUT2D eigenvalue weighted by atomic mass is 10.0. The highest BCUT2D eigenvalue weighted by Crippen LogP contribution is 2.28. The second kappa shape index (κ2) is 5.62. The fourth-order valence-electron chi connectivity index (χ4n) is 2.86. The van der Waals surface area contributed by atoms with Crippen LogP contribution in [0, 0.1) is 20.8 Å². The van der Waals surface area contributed by atoms with Gasteiger partial charge in [-0.1, -0.05) is 23.8 Å². The highest BCUT2D eigenvalue weighted by molar-refractivity contribution is 7.08. The summed E-state index contributed by atoms with van der Waals surface area (Å²) in [5.41, 5.74) is 6.18. The molecule has 0 radical (unpaired) electrons. The van der Waals surface area contributed by atoms with E-state index in [1.807, 2.05) is 4.90 Å². The molecule has 1 unspecified atom stereocenters. The predicted molar refractivity (Wildman–Crippen MR) is 86.3 cm³/mol. The average Bonchev–Trinajstić information content (AvgIpc) is 2.99. The van der Waals surface area contributed by atoms with Gasteiger partial charge in [0, 0.05) is 6.54 Å². The maximum atomic E-state index is 12.2. The molecule has 0 saturated carbocycles. The lowest BCUT2D eigenvalue weighted by molar-refractivity contribution is -0.128. The summed E-state index contributed by atoms with van der Waals surface area (Å²) in [6.07, 6.45) is -0.0163. The van der Waals surface area contributed by atoms with Crippen LogP contribution in [0.2, 0.25) is 0 Å². The smallest absolute Gasteiger partial charge is 0.238 e. The number of nitrogens with zero attached hydrogens (tertiary/aromatic N) is 1. The minimum absolute atomic E-state index is 0.0163. The number of aryl methyl sites for hydroxylation is 3. The van der Waals surface area contributed by atoms with Crippen molar-refractivity contribution in [3.05, 3.63) is 56.8 Å². The molecule has 0 bridgehead atoms. The highest BCUT2D eigenvalue weighted by atomic mass is 32.1. The van der Waals surface area contributed by atoms with Crippen molar-refractivity contribution >= 4 is 17.2 Å². The zero-order chi connectivity index (χ0) is 15.0. The zero-order valence-corrected chi connectivity index (χ0v) is 13.5. The Kier molecular flexibility index (Phi) is 3.83. The number of nitrogens with one attached hydrogen (secondary N) is 1. The number of carbonyl (C=O) groups is 1. The Morgan fingerprint density at radius 3 is 2.71 bits per heavy atom. The standard InChI is InChI=1S/C17H20N2OS/c1-11-4-5-15(12(2)6-11)17-18-7-16(20)19(17)8-14-10-21-9-13(14)3/h4-6,9-10,17-18H,7-8H2,1-3H3. The van der Waals surface area contributed by atoms with Gasteiger partial charge in [-0.05, 0) is 53.8 Å². The molecule has 3 rings (SSSR count). The van der Waals surface area contributed by atoms with Crippen LogP contribution >= 0.6 is 11.3 Å². The van der Waals surface area contributed by atoms with Gasteiger partial charge in [0.25, 0.3) is 0 Å². The third-order valence-corrected chi connectivity index (χ3v) is 5.01. The lowest BCUT2D eigenvalue weighted by Crippen LogP contribution is -2.30. The maximum absolute atomic E-state index is 12.2. The van der Waals surface area contributed by atoms with E-state index >= 15 is 0 Å². The van der Waals surface area contributed by atoms with E-state index in [-0.39, 0.29) is 12.1 Å². The van der Waals surface area contributed by atoms with Crippen LogP contribution in [0.3, 0.4) is 0 Å². The Morgan fingerprint density at radius 2 is 2.05 bits per heavy atom. The first-order valence-electron chi connectivity index (χ1n) is 7.18. The van der Waals surface area contributed by atoms with Crippen LogP contribution in [0.1, 0.15) is 34.0 Å². The van der Waals surface area contributed by atoms with Gasteiger partial charge in [-0.2, -0.15) is 11.3 Å². The summed E-state index contributed by atoms with van der Waals surface area (Å²) in [4.78, 5) is 14.2. The molecule has 4 heteroatoms. The molecule has 1 saturated heterocycles. The first kappa shape index (κ1) is 14.3. The van der Waals surface area contributed by atoms with E-state index in [9.17, 15) is 4.79 Å². The Bertz CT molecular complexity index is 677. The molecule has 1 aromatic carbocycles. The highest BCUT2D eigenvalue weighted by Gasteiger charge is 2.32. The van der Waals surface area contributed by atoms with Crippen molar-refractivity contribution in [1.82, 2.24) is 10.2 Å². The Balaban J connectivity index is 1.90. The van der Waals surface area contributed by atoms with Gasteiger partial charge in [0.1, 0.15) is 6.17 Å². The fraction of sp³-hybridized carbons (Fsp3) is 0.353. The molecule has 1 N–H and O–H groups in total. The van der Waals surface area contributed by atoms with Crippen LogP contribution in [0.5, 0.6) is 0 Å². The third-order valence-electron chi connectivity index (χ3n) is 4.10. The Morgan fingerprint density at radius 1 is 1.24 bits per heavy atom. The van der Waals surface area contributed by atoms with Crippen LogP contribution in [0.25, 0.3) is 0 Å². The summed E-state index contributed by atoms with van der Waals surface area (Å²) in [6, 6.07) is 6.42. The molecule has 1 aromatic heterocycles. The molecule has 1 amide bonds. The second-order valence-corrected chi connectivity index (χ2v) is 6.49. The number of benzene rings is 1. The topological polar surface area (TPSA) is 32.3 Å². The van der Waals surface area contributed by atoms with Gasteiger partial charge in [-0.3, -0.25) is 10.1 Å². The van der Waals surface area contributed by atoms with Gasteiger partial charge in [0.2, 0.25) is 5.91 Å². The molecule has 2 aromatic rings. The van der Waals surface area contributed by atoms with Gasteiger partial charge in [0.15, 0.2) is 0 Å². The first-order chi connectivity index (χ1) is 10.1. The van der Waals surface area contributed by atoms with E-state index in [0.717, 1.165) is 0 Å². The van der Waals surface area contributed by atoms with Gasteiger partial charge in [-0.15, -0.1) is 0 Å². The van der Waals surface area contributed by atoms with Gasteiger partial charge in [0.05, 0.1) is 6.54 Å². The van der Waals surface area contributed by atoms with Crippen molar-refractivity contribution in [3.8, 4) is 0 Å². The number of thiophene rings is 1. The molecule has 21 heavy (non-hydrogen) atoms. The van der Waals surface area contributed by atoms with Crippen LogP contribution in [0.15, 0.2) is 29.0 Å². The fourth-order valence-corrected chi connectivity index (χ4v) is 3.71. The molecule has 1 atom stereocenters. The molecular formula is C17H20N2OS. The molecule has 2 heterocycles. The number of carbonyl (C=O) groups excluding carboxylic acids is 1. The van der Waals surface area contributed by atoms with Crippen LogP contribution in [0.4, 0.5) is 0 Å². The summed E-state index contributed by atoms with van der Waals surface area (Å²) in [5, 5.41) is 7.62. The van der Waals surface area contributed by atoms with Gasteiger partial charge >= 0.3 is 0 Å². The molecule has 0 spiro atoms. The molecule has 1 aliphatic rings. The molecular weight excluding hydrogens is 280 g/mol. The normalized spacial score (nSPS) is 18.5. The minimum Gasteiger partial charge on any atom is -0.317 e. The Hall–Kier alpha value is -1.65. The number of hydrogen-bond acceptors (Lipinski definition) is 3. The van der Waals surface area contributed by atoms with Crippen molar-refractivity contribution < 1.29 is 4.79 Å². The van der Waals surface area contributed by atoms with Crippen molar-refractivity contribution in [3.63, 3.8) is 0 Å². The molecule has 1 aliphatic heterocycles. The van der Waals surface area contributed by atoms with Crippen molar-refractivity contribution in [2.24, 2.45) is 0 Å². The SMILES string of the molecule is Cc1ccc(C2NCC(=O)N2Cc2cscc2C)c(C)c1. The van der Waals surface area contributed by atoms with E-state index in [1.165, 1.54) is 27.8 Å². The number of hydrogen-bond donors (Lipinski definition) is 1. The monoisotopic (exact) mass is 300 g/mol. The molecule has 1 fully saturated rings. The summed E-state index contributed by atoms with van der Waals surface area (Å²) in [5.74, 6) is 0.172. The van der Waals surface area contributed by atoms with E-state index in [1.54, 1.807) is 11.3 Å². The maximum Gasteiger partial charge on any atom is 0.238 e. The average molecular weight is 300 g/mol. The zero-order valence-electron chi connectivity index (χ0n) is 12.6. The lowest BCUT2D eigenvalue weighted by Gasteiger charge is -2.26. The van der Waals surface area contributed by atoms with Crippen molar-refractivity contribution in [2.45, 2.75) is 33.5 Å². The van der Waals surface area contributed by atoms with E-state index in [2.05, 4.69) is 55.0 Å². The first-order valence-corrected chi connectivity index (χ1v) is 8.12. The van der Waals surface area contributed by atoms with E-state index in [4.69, 9.17) is 0 Å². The minimum atomic E-state index is -0.0163. The van der Waals surface area contributed by atoms with E-state index < -0.39 is 0 Å². The molecule has 110 valence electrons. The summed E-state index contributed by atoms with van der Waals surface area (Å²) < 4.78 is 0. The van der Waals surface area contributed by atoms with Gasteiger partial charge in [-0.25, -0.2) is 0 Å². The Labute approximate surface area is 129 Å². The van der Waals surface area contributed by atoms with Gasteiger partial charge < -0.3 is 4.90 Å². The molecule has 3 nitrogen and oxygen atoms in total.